The molecule has 1 radical (unpaired) electrons. The standard InChI is InChI=1S/C17H20BF2O3.C17H20F2O2/c19-15-13(1-2-14(16(15)20)23-18-21)22-9-17-6-10-3-11(7-17)5-12(4-10)8-17;18-15-13(20)1-2-14(16(15)19)21-9-17-6-10-3-11(7-17)5-12(4-10)8-17/h1-2,10-12,21H,3-9H2;1-2,10-12,20H,3-9H2. The Balaban J connectivity index is 0.000000143. The van der Waals surface area contributed by atoms with Crippen LogP contribution < -0.4 is 14.1 Å². The molecule has 8 saturated carbocycles. The maximum absolute atomic E-state index is 14.1. The zero-order valence-electron chi connectivity index (χ0n) is 24.9. The average Bonchev–Trinajstić information content (AvgIpc) is 2.97. The second kappa shape index (κ2) is 11.6. The molecule has 2 aromatic rings. The van der Waals surface area contributed by atoms with Gasteiger partial charge in [-0.25, -0.2) is 0 Å². The first-order chi connectivity index (χ1) is 21.1. The molecule has 0 unspecified atom stereocenters. The molecule has 10 heteroatoms. The van der Waals surface area contributed by atoms with Crippen LogP contribution in [0.1, 0.15) is 77.0 Å². The van der Waals surface area contributed by atoms with E-state index in [1.165, 1.54) is 76.0 Å². The van der Waals surface area contributed by atoms with Gasteiger partial charge < -0.3 is 24.3 Å². The monoisotopic (exact) mass is 615 g/mol. The summed E-state index contributed by atoms with van der Waals surface area (Å²) in [6.45, 7) is 0.927. The molecule has 2 N–H and O–H groups in total. The van der Waals surface area contributed by atoms with Gasteiger partial charge >= 0.3 is 7.69 Å². The van der Waals surface area contributed by atoms with E-state index in [4.69, 9.17) is 19.6 Å². The zero-order valence-corrected chi connectivity index (χ0v) is 24.9. The minimum absolute atomic E-state index is 0.0801. The average molecular weight is 615 g/mol. The van der Waals surface area contributed by atoms with Gasteiger partial charge in [-0.3, -0.25) is 0 Å². The Hall–Kier alpha value is -2.62. The van der Waals surface area contributed by atoms with Crippen LogP contribution in [0.3, 0.4) is 0 Å². The summed E-state index contributed by atoms with van der Waals surface area (Å²) in [6, 6.07) is 5.08. The highest BCUT2D eigenvalue weighted by atomic mass is 19.2. The van der Waals surface area contributed by atoms with Gasteiger partial charge in [0.15, 0.2) is 17.2 Å². The molecule has 8 aliphatic carbocycles. The third-order valence-corrected chi connectivity index (χ3v) is 11.6. The smallest absolute Gasteiger partial charge is 0.535 e. The summed E-state index contributed by atoms with van der Waals surface area (Å²) in [4.78, 5) is 0. The highest BCUT2D eigenvalue weighted by Gasteiger charge is 2.52. The van der Waals surface area contributed by atoms with Crippen molar-refractivity contribution < 1.29 is 41.8 Å². The molecule has 2 aromatic carbocycles. The minimum Gasteiger partial charge on any atom is -0.535 e. The highest BCUT2D eigenvalue weighted by molar-refractivity contribution is 6.17. The van der Waals surface area contributed by atoms with Crippen LogP contribution >= 0.6 is 0 Å². The van der Waals surface area contributed by atoms with Crippen molar-refractivity contribution in [1.82, 2.24) is 0 Å². The van der Waals surface area contributed by atoms with Crippen molar-refractivity contribution >= 4 is 7.69 Å². The second-order valence-corrected chi connectivity index (χ2v) is 15.0. The lowest BCUT2D eigenvalue weighted by atomic mass is 9.50. The summed E-state index contributed by atoms with van der Waals surface area (Å²) in [5.74, 6) is -0.896. The summed E-state index contributed by atoms with van der Waals surface area (Å²) < 4.78 is 70.9. The summed E-state index contributed by atoms with van der Waals surface area (Å²) in [5.41, 5.74) is 0.307. The number of phenols is 1. The quantitative estimate of drug-likeness (QED) is 0.235. The maximum atomic E-state index is 14.1. The number of phenolic OH excluding ortho intramolecular Hbond substituents is 1. The molecule has 0 saturated heterocycles. The largest absolute Gasteiger partial charge is 0.569 e. The van der Waals surface area contributed by atoms with Crippen LogP contribution in [-0.2, 0) is 0 Å². The van der Waals surface area contributed by atoms with Crippen LogP contribution in [0.25, 0.3) is 0 Å². The van der Waals surface area contributed by atoms with Gasteiger partial charge in [0.1, 0.15) is 5.75 Å². The van der Waals surface area contributed by atoms with Gasteiger partial charge in [0.25, 0.3) is 0 Å². The van der Waals surface area contributed by atoms with Gasteiger partial charge in [-0.15, -0.1) is 0 Å². The van der Waals surface area contributed by atoms with E-state index >= 15 is 0 Å². The molecule has 5 nitrogen and oxygen atoms in total. The van der Waals surface area contributed by atoms with E-state index in [2.05, 4.69) is 4.65 Å². The Labute approximate surface area is 256 Å². The number of rotatable bonds is 8. The molecule has 0 spiro atoms. The fourth-order valence-corrected chi connectivity index (χ4v) is 10.8. The lowest BCUT2D eigenvalue weighted by Gasteiger charge is -2.56. The van der Waals surface area contributed by atoms with Gasteiger partial charge in [-0.05, 0) is 137 Å². The SMILES string of the molecule is O[B]Oc1ccc(OCC23CC4CC(CC(C4)C2)C3)c(F)c1F.Oc1ccc(OCC23CC4CC(CC(C4)C2)C3)c(F)c1F. The van der Waals surface area contributed by atoms with E-state index in [1.54, 1.807) is 0 Å². The topological polar surface area (TPSA) is 68.2 Å². The van der Waals surface area contributed by atoms with Crippen LogP contribution in [-0.4, -0.2) is 31.0 Å². The van der Waals surface area contributed by atoms with Crippen molar-refractivity contribution in [3.63, 3.8) is 0 Å². The van der Waals surface area contributed by atoms with Gasteiger partial charge in [0, 0.05) is 10.8 Å². The van der Waals surface area contributed by atoms with E-state index in [0.717, 1.165) is 60.8 Å². The van der Waals surface area contributed by atoms with Crippen molar-refractivity contribution in [1.29, 1.82) is 0 Å². The van der Waals surface area contributed by atoms with Crippen LogP contribution in [0, 0.1) is 69.6 Å². The molecule has 44 heavy (non-hydrogen) atoms. The van der Waals surface area contributed by atoms with Crippen LogP contribution in [0.15, 0.2) is 24.3 Å². The minimum atomic E-state index is -1.22. The van der Waals surface area contributed by atoms with Gasteiger partial charge in [0.05, 0.1) is 13.2 Å². The van der Waals surface area contributed by atoms with Crippen LogP contribution in [0.4, 0.5) is 17.6 Å². The number of halogens is 4. The Kier molecular flexibility index (Phi) is 7.95. The van der Waals surface area contributed by atoms with Crippen molar-refractivity contribution in [2.45, 2.75) is 77.0 Å². The van der Waals surface area contributed by atoms with Crippen molar-refractivity contribution in [2.24, 2.45) is 46.3 Å². The van der Waals surface area contributed by atoms with Crippen LogP contribution in [0.5, 0.6) is 23.0 Å². The molecule has 0 heterocycles. The molecule has 0 atom stereocenters. The number of ether oxygens (including phenoxy) is 2. The van der Waals surface area contributed by atoms with Gasteiger partial charge in [0.2, 0.25) is 23.3 Å². The molecule has 0 amide bonds. The van der Waals surface area contributed by atoms with E-state index in [0.29, 0.717) is 20.9 Å². The first-order valence-electron chi connectivity index (χ1n) is 16.2. The Morgan fingerprint density at radius 3 is 1.32 bits per heavy atom. The van der Waals surface area contributed by atoms with E-state index in [-0.39, 0.29) is 28.1 Å². The normalized spacial score (nSPS) is 35.7. The fraction of sp³-hybridized carbons (Fsp3) is 0.647. The number of aromatic hydroxyl groups is 1. The molecule has 8 bridgehead atoms. The second-order valence-electron chi connectivity index (χ2n) is 15.0. The summed E-state index contributed by atoms with van der Waals surface area (Å²) >= 11 is 0. The van der Waals surface area contributed by atoms with Gasteiger partial charge in [-0.2, -0.15) is 17.6 Å². The summed E-state index contributed by atoms with van der Waals surface area (Å²) in [6.07, 6.45) is 15.0. The Morgan fingerprint density at radius 2 is 0.909 bits per heavy atom. The van der Waals surface area contributed by atoms with Crippen molar-refractivity contribution in [3.8, 4) is 23.0 Å². The lowest BCUT2D eigenvalue weighted by Crippen LogP contribution is -2.48. The predicted octanol–water partition coefficient (Wildman–Crippen LogP) is 7.73. The molecule has 10 rings (SSSR count). The number of hydrogen-bond donors (Lipinski definition) is 2. The molecule has 0 aliphatic heterocycles. The van der Waals surface area contributed by atoms with E-state index in [1.807, 2.05) is 0 Å². The molecule has 8 fully saturated rings. The first kappa shape index (κ1) is 30.1. The third kappa shape index (κ3) is 5.76. The van der Waals surface area contributed by atoms with E-state index in [9.17, 15) is 17.6 Å². The molecular weight excluding hydrogens is 575 g/mol. The maximum Gasteiger partial charge on any atom is 0.569 e. The third-order valence-electron chi connectivity index (χ3n) is 11.6. The van der Waals surface area contributed by atoms with Crippen molar-refractivity contribution in [3.05, 3.63) is 47.5 Å². The molecule has 8 aliphatic rings. The molecular formula is C34H40BF4O5. The van der Waals surface area contributed by atoms with Gasteiger partial charge in [-0.1, -0.05) is 0 Å². The molecule has 0 aromatic heterocycles. The zero-order chi connectivity index (χ0) is 30.6. The van der Waals surface area contributed by atoms with Crippen molar-refractivity contribution in [2.75, 3.05) is 13.2 Å². The lowest BCUT2D eigenvalue weighted by molar-refractivity contribution is -0.0751. The summed E-state index contributed by atoms with van der Waals surface area (Å²) in [7, 11) is 0.327. The molecule has 237 valence electrons. The Bertz CT molecular complexity index is 1320. The summed E-state index contributed by atoms with van der Waals surface area (Å²) in [5, 5.41) is 17.7. The fourth-order valence-electron chi connectivity index (χ4n) is 10.8. The number of hydrogen-bond acceptors (Lipinski definition) is 5. The van der Waals surface area contributed by atoms with E-state index < -0.39 is 29.0 Å². The highest BCUT2D eigenvalue weighted by Crippen LogP contribution is 2.61. The van der Waals surface area contributed by atoms with Crippen LogP contribution in [0.2, 0.25) is 0 Å². The Morgan fingerprint density at radius 1 is 0.568 bits per heavy atom. The number of benzene rings is 2. The predicted molar refractivity (Wildman–Crippen MR) is 155 cm³/mol. The first-order valence-corrected chi connectivity index (χ1v) is 16.2.